The number of anilines is 1. The molecule has 1 aliphatic heterocycles. The first-order chi connectivity index (χ1) is 8.49. The number of halogens is 1. The van der Waals surface area contributed by atoms with Gasteiger partial charge in [0.2, 0.25) is 0 Å². The summed E-state index contributed by atoms with van der Waals surface area (Å²) in [5.74, 6) is -0.00704. The molecule has 2 rings (SSSR count). The number of nitrogens with zero attached hydrogens (tertiary/aromatic N) is 1. The van der Waals surface area contributed by atoms with E-state index in [-0.39, 0.29) is 12.0 Å². The first kappa shape index (κ1) is 13.4. The van der Waals surface area contributed by atoms with Crippen molar-refractivity contribution in [1.82, 2.24) is 4.90 Å². The van der Waals surface area contributed by atoms with Gasteiger partial charge in [0.05, 0.1) is 6.10 Å². The van der Waals surface area contributed by atoms with Crippen LogP contribution in [0, 0.1) is 6.92 Å². The predicted octanol–water partition coefficient (Wildman–Crippen LogP) is 1.94. The van der Waals surface area contributed by atoms with E-state index in [1.54, 1.807) is 17.0 Å². The van der Waals surface area contributed by atoms with Crippen molar-refractivity contribution in [2.24, 2.45) is 0 Å². The number of likely N-dealkylation sites (tertiary alicyclic amines) is 1. The Morgan fingerprint density at radius 2 is 2.06 bits per heavy atom. The molecule has 1 aromatic rings. The third-order valence-corrected chi connectivity index (χ3v) is 3.85. The van der Waals surface area contributed by atoms with Gasteiger partial charge in [-0.05, 0) is 37.5 Å². The molecule has 0 aliphatic carbocycles. The number of benzene rings is 1. The number of rotatable bonds is 1. The van der Waals surface area contributed by atoms with E-state index in [1.165, 1.54) is 0 Å². The van der Waals surface area contributed by atoms with Gasteiger partial charge in [-0.1, -0.05) is 15.9 Å². The standard InChI is InChI=1S/C13H17BrN2O2/c1-8-11(6-9(14)7-12(8)15)13(18)16-4-2-10(17)3-5-16/h6-7,10,17H,2-5,15H2,1H3. The van der Waals surface area contributed by atoms with Gasteiger partial charge in [-0.25, -0.2) is 0 Å². The van der Waals surface area contributed by atoms with Gasteiger partial charge < -0.3 is 15.7 Å². The molecule has 1 heterocycles. The van der Waals surface area contributed by atoms with Crippen molar-refractivity contribution in [2.45, 2.75) is 25.9 Å². The molecule has 0 saturated carbocycles. The fraction of sp³-hybridized carbons (Fsp3) is 0.462. The van der Waals surface area contributed by atoms with Crippen LogP contribution in [0.5, 0.6) is 0 Å². The normalized spacial score (nSPS) is 16.9. The fourth-order valence-corrected chi connectivity index (χ4v) is 2.64. The van der Waals surface area contributed by atoms with Crippen LogP contribution in [0.3, 0.4) is 0 Å². The van der Waals surface area contributed by atoms with E-state index >= 15 is 0 Å². The van der Waals surface area contributed by atoms with Gasteiger partial charge in [0.25, 0.3) is 5.91 Å². The minimum atomic E-state index is -0.275. The molecule has 5 heteroatoms. The highest BCUT2D eigenvalue weighted by molar-refractivity contribution is 9.10. The SMILES string of the molecule is Cc1c(N)cc(Br)cc1C(=O)N1CCC(O)CC1. The summed E-state index contributed by atoms with van der Waals surface area (Å²) in [6.45, 7) is 3.06. The third kappa shape index (κ3) is 2.67. The minimum absolute atomic E-state index is 0.00704. The Labute approximate surface area is 115 Å². The number of aliphatic hydroxyl groups excluding tert-OH is 1. The van der Waals surface area contributed by atoms with Crippen molar-refractivity contribution < 1.29 is 9.90 Å². The molecule has 98 valence electrons. The molecule has 0 aromatic heterocycles. The van der Waals surface area contributed by atoms with E-state index in [4.69, 9.17) is 5.73 Å². The second-order valence-corrected chi connectivity index (χ2v) is 5.61. The van der Waals surface area contributed by atoms with E-state index in [9.17, 15) is 9.90 Å². The average molecular weight is 313 g/mol. The third-order valence-electron chi connectivity index (χ3n) is 3.39. The van der Waals surface area contributed by atoms with Gasteiger partial charge >= 0.3 is 0 Å². The molecule has 4 nitrogen and oxygen atoms in total. The second kappa shape index (κ2) is 5.28. The summed E-state index contributed by atoms with van der Waals surface area (Å²) in [5.41, 5.74) is 7.94. The molecule has 1 aromatic carbocycles. The minimum Gasteiger partial charge on any atom is -0.398 e. The largest absolute Gasteiger partial charge is 0.398 e. The topological polar surface area (TPSA) is 66.6 Å². The van der Waals surface area contributed by atoms with Crippen molar-refractivity contribution >= 4 is 27.5 Å². The molecule has 1 aliphatic rings. The Morgan fingerprint density at radius 1 is 1.44 bits per heavy atom. The lowest BCUT2D eigenvalue weighted by molar-refractivity contribution is 0.0546. The Hall–Kier alpha value is -1.07. The summed E-state index contributed by atoms with van der Waals surface area (Å²) in [6.07, 6.45) is 1.02. The van der Waals surface area contributed by atoms with E-state index in [0.29, 0.717) is 37.2 Å². The number of nitrogens with two attached hydrogens (primary N) is 1. The van der Waals surface area contributed by atoms with Crippen LogP contribution in [0.4, 0.5) is 5.69 Å². The first-order valence-corrected chi connectivity index (χ1v) is 6.81. The van der Waals surface area contributed by atoms with Crippen molar-refractivity contribution in [1.29, 1.82) is 0 Å². The van der Waals surface area contributed by atoms with E-state index in [2.05, 4.69) is 15.9 Å². The fourth-order valence-electron chi connectivity index (χ4n) is 2.16. The van der Waals surface area contributed by atoms with Gasteiger partial charge in [0.1, 0.15) is 0 Å². The second-order valence-electron chi connectivity index (χ2n) is 4.69. The first-order valence-electron chi connectivity index (χ1n) is 6.02. The monoisotopic (exact) mass is 312 g/mol. The number of hydrogen-bond donors (Lipinski definition) is 2. The summed E-state index contributed by atoms with van der Waals surface area (Å²) in [4.78, 5) is 14.2. The highest BCUT2D eigenvalue weighted by Gasteiger charge is 2.24. The van der Waals surface area contributed by atoms with Crippen molar-refractivity contribution in [3.05, 3.63) is 27.7 Å². The number of amides is 1. The van der Waals surface area contributed by atoms with Crippen LogP contribution in [-0.4, -0.2) is 35.1 Å². The van der Waals surface area contributed by atoms with Crippen LogP contribution in [0.1, 0.15) is 28.8 Å². The van der Waals surface area contributed by atoms with Gasteiger partial charge in [0.15, 0.2) is 0 Å². The van der Waals surface area contributed by atoms with Crippen molar-refractivity contribution in [2.75, 3.05) is 18.8 Å². The molecule has 0 atom stereocenters. The quantitative estimate of drug-likeness (QED) is 0.779. The average Bonchev–Trinajstić information content (AvgIpc) is 2.34. The van der Waals surface area contributed by atoms with Crippen molar-refractivity contribution in [3.8, 4) is 0 Å². The van der Waals surface area contributed by atoms with Gasteiger partial charge in [-0.3, -0.25) is 4.79 Å². The molecule has 1 amide bonds. The number of nitrogen functional groups attached to an aromatic ring is 1. The summed E-state index contributed by atoms with van der Waals surface area (Å²) in [5, 5.41) is 9.46. The zero-order valence-electron chi connectivity index (χ0n) is 10.3. The summed E-state index contributed by atoms with van der Waals surface area (Å²) >= 11 is 3.36. The maximum absolute atomic E-state index is 12.4. The Kier molecular flexibility index (Phi) is 3.92. The zero-order chi connectivity index (χ0) is 13.3. The molecular weight excluding hydrogens is 296 g/mol. The number of aliphatic hydroxyl groups is 1. The number of piperidine rings is 1. The smallest absolute Gasteiger partial charge is 0.254 e. The molecule has 0 unspecified atom stereocenters. The summed E-state index contributed by atoms with van der Waals surface area (Å²) in [6, 6.07) is 3.60. The Bertz CT molecular complexity index is 468. The van der Waals surface area contributed by atoms with Gasteiger partial charge in [0, 0.05) is 28.8 Å². The van der Waals surface area contributed by atoms with E-state index in [0.717, 1.165) is 10.0 Å². The summed E-state index contributed by atoms with van der Waals surface area (Å²) < 4.78 is 0.811. The zero-order valence-corrected chi connectivity index (χ0v) is 11.9. The van der Waals surface area contributed by atoms with E-state index < -0.39 is 0 Å². The number of carbonyl (C=O) groups is 1. The molecule has 1 fully saturated rings. The molecule has 0 spiro atoms. The Morgan fingerprint density at radius 3 is 2.67 bits per heavy atom. The van der Waals surface area contributed by atoms with Crippen LogP contribution in [0.25, 0.3) is 0 Å². The highest BCUT2D eigenvalue weighted by atomic mass is 79.9. The van der Waals surface area contributed by atoms with E-state index in [1.807, 2.05) is 6.92 Å². The van der Waals surface area contributed by atoms with Crippen molar-refractivity contribution in [3.63, 3.8) is 0 Å². The predicted molar refractivity (Wildman–Crippen MR) is 74.4 cm³/mol. The summed E-state index contributed by atoms with van der Waals surface area (Å²) in [7, 11) is 0. The van der Waals surface area contributed by atoms with Gasteiger partial charge in [-0.15, -0.1) is 0 Å². The van der Waals surface area contributed by atoms with Gasteiger partial charge in [-0.2, -0.15) is 0 Å². The molecule has 0 radical (unpaired) electrons. The highest BCUT2D eigenvalue weighted by Crippen LogP contribution is 2.25. The number of carbonyl (C=O) groups excluding carboxylic acids is 1. The van der Waals surface area contributed by atoms with Crippen LogP contribution < -0.4 is 5.73 Å². The lowest BCUT2D eigenvalue weighted by Gasteiger charge is -2.30. The van der Waals surface area contributed by atoms with Crippen LogP contribution in [-0.2, 0) is 0 Å². The van der Waals surface area contributed by atoms with Crippen LogP contribution in [0.15, 0.2) is 16.6 Å². The molecular formula is C13H17BrN2O2. The maximum atomic E-state index is 12.4. The van der Waals surface area contributed by atoms with Crippen LogP contribution >= 0.6 is 15.9 Å². The molecule has 1 saturated heterocycles. The van der Waals surface area contributed by atoms with Crippen LogP contribution in [0.2, 0.25) is 0 Å². The lowest BCUT2D eigenvalue weighted by atomic mass is 10.0. The molecule has 3 N–H and O–H groups in total. The molecule has 0 bridgehead atoms. The lowest BCUT2D eigenvalue weighted by Crippen LogP contribution is -2.40. The Balaban J connectivity index is 2.23. The number of hydrogen-bond acceptors (Lipinski definition) is 3. The molecule has 18 heavy (non-hydrogen) atoms. The maximum Gasteiger partial charge on any atom is 0.254 e.